The van der Waals surface area contributed by atoms with Gasteiger partial charge in [-0.1, -0.05) is 0 Å². The Labute approximate surface area is 180 Å². The molecule has 31 heavy (non-hydrogen) atoms. The number of carboxylic acids is 1. The molecule has 0 saturated carbocycles. The van der Waals surface area contributed by atoms with E-state index in [1.165, 1.54) is 5.01 Å². The average molecular weight is 446 g/mol. The van der Waals surface area contributed by atoms with Gasteiger partial charge in [0.25, 0.3) is 0 Å². The minimum Gasteiger partial charge on any atom is -0.493 e. The van der Waals surface area contributed by atoms with Gasteiger partial charge in [0.2, 0.25) is 20.3 Å². The lowest BCUT2D eigenvalue weighted by Crippen LogP contribution is -2.49. The first-order valence-corrected chi connectivity index (χ1v) is 10.4. The summed E-state index contributed by atoms with van der Waals surface area (Å²) in [6.07, 6.45) is 4.73. The summed E-state index contributed by atoms with van der Waals surface area (Å²) in [7, 11) is 1.56. The number of rotatable bonds is 8. The molecule has 2 heterocycles. The zero-order chi connectivity index (χ0) is 22.4. The molecule has 4 N–H and O–H groups in total. The van der Waals surface area contributed by atoms with Gasteiger partial charge >= 0.3 is 5.97 Å². The number of ether oxygens (including phenoxy) is 2. The highest BCUT2D eigenvalue weighted by atomic mass is 31.1. The Kier molecular flexibility index (Phi) is 7.16. The third kappa shape index (κ3) is 5.36. The molecule has 0 amide bonds. The molecule has 0 spiro atoms. The van der Waals surface area contributed by atoms with Crippen LogP contribution in [0.4, 0.5) is 5.95 Å². The van der Waals surface area contributed by atoms with Crippen LogP contribution < -0.4 is 20.3 Å². The van der Waals surface area contributed by atoms with Gasteiger partial charge < -0.3 is 25.4 Å². The summed E-state index contributed by atoms with van der Waals surface area (Å²) in [4.78, 5) is 19.9. The second-order valence-electron chi connectivity index (χ2n) is 6.29. The maximum absolute atomic E-state index is 11.6. The number of hydrogen-bond donors (Lipinski definition) is 3. The first-order valence-electron chi connectivity index (χ1n) is 9.13. The third-order valence-corrected chi connectivity index (χ3v) is 6.06. The van der Waals surface area contributed by atoms with Crippen molar-refractivity contribution in [3.63, 3.8) is 0 Å². The fraction of sp³-hybridized carbons (Fsp3) is 0.278. The average Bonchev–Trinajstić information content (AvgIpc) is 2.78. The number of carbonyl (C=O) groups is 1. The molecule has 0 fully saturated rings. The minimum absolute atomic E-state index is 0.109. The van der Waals surface area contributed by atoms with Gasteiger partial charge in [0.1, 0.15) is 12.7 Å². The first-order chi connectivity index (χ1) is 14.9. The number of nitrogens with one attached hydrogen (secondary N) is 1. The van der Waals surface area contributed by atoms with Gasteiger partial charge in [-0.15, -0.1) is 0 Å². The molecule has 2 unspecified atom stereocenters. The molecule has 1 aromatic heterocycles. The predicted octanol–water partition coefficient (Wildman–Crippen LogP) is 1.53. The molecule has 164 valence electrons. The minimum atomic E-state index is -1.54. The Balaban J connectivity index is 1.84. The Morgan fingerprint density at radius 2 is 2.03 bits per heavy atom. The van der Waals surface area contributed by atoms with E-state index >= 15 is 0 Å². The van der Waals surface area contributed by atoms with E-state index in [0.29, 0.717) is 17.4 Å². The Morgan fingerprint density at radius 3 is 2.68 bits per heavy atom. The van der Waals surface area contributed by atoms with Crippen molar-refractivity contribution in [2.45, 2.75) is 13.0 Å². The number of nitrogens with two attached hydrogens (primary N) is 1. The number of methoxy groups -OCH3 is 2. The lowest BCUT2D eigenvalue weighted by Gasteiger charge is -2.37. The van der Waals surface area contributed by atoms with Gasteiger partial charge in [-0.25, -0.2) is 19.6 Å². The molecule has 1 aromatic carbocycles. The molecule has 2 aromatic rings. The summed E-state index contributed by atoms with van der Waals surface area (Å²) in [6.45, 7) is 1.68. The maximum atomic E-state index is 11.6. The summed E-state index contributed by atoms with van der Waals surface area (Å²) in [5, 5.41) is 18.4. The van der Waals surface area contributed by atoms with Gasteiger partial charge in [0, 0.05) is 12.4 Å². The lowest BCUT2D eigenvalue weighted by atomic mass is 10.2. The fourth-order valence-electron chi connectivity index (χ4n) is 2.59. The van der Waals surface area contributed by atoms with Crippen molar-refractivity contribution in [2.24, 2.45) is 15.6 Å². The highest BCUT2D eigenvalue weighted by Crippen LogP contribution is 2.45. The number of benzene rings is 1. The van der Waals surface area contributed by atoms with E-state index in [2.05, 4.69) is 24.9 Å². The van der Waals surface area contributed by atoms with E-state index in [1.807, 2.05) is 0 Å². The van der Waals surface area contributed by atoms with Crippen molar-refractivity contribution in [1.82, 2.24) is 19.6 Å². The van der Waals surface area contributed by atoms with Crippen molar-refractivity contribution in [2.75, 3.05) is 26.0 Å². The number of hydrogen-bond acceptors (Lipinski definition) is 11. The summed E-state index contributed by atoms with van der Waals surface area (Å²) in [5.41, 5.74) is 6.85. The van der Waals surface area contributed by atoms with Crippen molar-refractivity contribution in [1.29, 1.82) is 0 Å². The smallest absolute Gasteiger partial charge is 0.321 e. The molecule has 0 saturated heterocycles. The van der Waals surface area contributed by atoms with Gasteiger partial charge in [-0.3, -0.25) is 4.79 Å². The summed E-state index contributed by atoms with van der Waals surface area (Å²) < 4.78 is 16.6. The zero-order valence-corrected chi connectivity index (χ0v) is 18.1. The standard InChI is InChI=1S/C18H23N8O4P/c1-12(16(27)28)26-11-25(17(19)23-31(26)24-18-20-7-4-8-21-18)22-10-13-5-6-14(29-2)15(9-13)30-3/h4-10,12H,11H2,1-3H3,(H2,19,23)(H,27,28)(H,20,21,24)/b22-10+. The Morgan fingerprint density at radius 1 is 1.32 bits per heavy atom. The van der Waals surface area contributed by atoms with Crippen LogP contribution in [0.1, 0.15) is 12.5 Å². The van der Waals surface area contributed by atoms with Crippen LogP contribution in [-0.2, 0) is 4.79 Å². The predicted molar refractivity (Wildman–Crippen MR) is 117 cm³/mol. The Bertz CT molecular complexity index is 974. The van der Waals surface area contributed by atoms with Gasteiger partial charge in [-0.2, -0.15) is 9.86 Å². The molecule has 3 rings (SSSR count). The van der Waals surface area contributed by atoms with E-state index in [-0.39, 0.29) is 12.6 Å². The van der Waals surface area contributed by atoms with Crippen molar-refractivity contribution in [3.8, 4) is 11.5 Å². The van der Waals surface area contributed by atoms with Gasteiger partial charge in [0.05, 0.1) is 20.4 Å². The molecular formula is C18H23N8O4P. The second-order valence-corrected chi connectivity index (χ2v) is 7.80. The van der Waals surface area contributed by atoms with E-state index in [9.17, 15) is 9.90 Å². The van der Waals surface area contributed by atoms with E-state index < -0.39 is 20.4 Å². The van der Waals surface area contributed by atoms with E-state index in [1.54, 1.807) is 68.7 Å². The summed E-state index contributed by atoms with van der Waals surface area (Å²) in [5.74, 6) is 0.626. The zero-order valence-electron chi connectivity index (χ0n) is 17.2. The van der Waals surface area contributed by atoms with Crippen LogP contribution in [0.25, 0.3) is 0 Å². The van der Waals surface area contributed by atoms with Crippen LogP contribution in [0.3, 0.4) is 0 Å². The fourth-order valence-corrected chi connectivity index (χ4v) is 4.14. The second kappa shape index (κ2) is 10.0. The molecule has 12 nitrogen and oxygen atoms in total. The van der Waals surface area contributed by atoms with Crippen LogP contribution in [-0.4, -0.2) is 69.8 Å². The van der Waals surface area contributed by atoms with Crippen LogP contribution in [0.2, 0.25) is 0 Å². The monoisotopic (exact) mass is 446 g/mol. The number of carboxylic acid groups (broad SMARTS) is 1. The van der Waals surface area contributed by atoms with Crippen molar-refractivity contribution < 1.29 is 19.4 Å². The number of aromatic nitrogens is 2. The maximum Gasteiger partial charge on any atom is 0.321 e. The number of guanidine groups is 1. The molecule has 0 aliphatic carbocycles. The van der Waals surface area contributed by atoms with Gasteiger partial charge in [0.15, 0.2) is 11.5 Å². The van der Waals surface area contributed by atoms with Gasteiger partial charge in [-0.05, 0) is 36.8 Å². The lowest BCUT2D eigenvalue weighted by molar-refractivity contribution is -0.141. The number of anilines is 1. The normalized spacial score (nSPS) is 17.8. The quantitative estimate of drug-likeness (QED) is 0.402. The van der Waals surface area contributed by atoms with Crippen molar-refractivity contribution in [3.05, 3.63) is 42.2 Å². The van der Waals surface area contributed by atoms with E-state index in [0.717, 1.165) is 5.56 Å². The molecular weight excluding hydrogens is 423 g/mol. The molecule has 0 radical (unpaired) electrons. The van der Waals surface area contributed by atoms with Crippen LogP contribution in [0.15, 0.2) is 46.5 Å². The van der Waals surface area contributed by atoms with Crippen LogP contribution in [0.5, 0.6) is 11.5 Å². The van der Waals surface area contributed by atoms with Crippen molar-refractivity contribution >= 4 is 32.5 Å². The third-order valence-electron chi connectivity index (χ3n) is 4.31. The summed E-state index contributed by atoms with van der Waals surface area (Å²) >= 11 is 0. The van der Waals surface area contributed by atoms with Crippen LogP contribution in [0, 0.1) is 0 Å². The largest absolute Gasteiger partial charge is 0.493 e. The molecule has 0 bridgehead atoms. The Hall–Kier alpha value is -3.50. The number of aliphatic carboxylic acids is 1. The number of nitrogens with zero attached hydrogens (tertiary/aromatic N) is 6. The molecule has 1 aliphatic rings. The highest BCUT2D eigenvalue weighted by molar-refractivity contribution is 7.55. The highest BCUT2D eigenvalue weighted by Gasteiger charge is 2.35. The molecule has 2 atom stereocenters. The molecule has 13 heteroatoms. The number of hydrazone groups is 1. The topological polar surface area (TPSA) is 151 Å². The summed E-state index contributed by atoms with van der Waals surface area (Å²) in [6, 6.07) is 6.16. The van der Waals surface area contributed by atoms with Crippen LogP contribution >= 0.6 is 8.37 Å². The van der Waals surface area contributed by atoms with E-state index in [4.69, 9.17) is 15.2 Å². The SMILES string of the molecule is COc1ccc(/C=N/N2CN(C(C)C(=O)O)P(Nc3ncccn3)N=C2N)cc1OC. The first kappa shape index (κ1) is 22.2. The molecule has 1 aliphatic heterocycles.